The molecule has 3 aromatic rings. The van der Waals surface area contributed by atoms with Crippen LogP contribution in [0.2, 0.25) is 0 Å². The summed E-state index contributed by atoms with van der Waals surface area (Å²) in [5.74, 6) is -2.95. The van der Waals surface area contributed by atoms with Gasteiger partial charge in [-0.2, -0.15) is 9.59 Å². The van der Waals surface area contributed by atoms with Crippen molar-refractivity contribution >= 4 is 17.9 Å². The molecule has 9 heteroatoms. The number of amides is 1. The zero-order valence-electron chi connectivity index (χ0n) is 14.9. The van der Waals surface area contributed by atoms with Crippen molar-refractivity contribution in [2.45, 2.75) is 13.8 Å². The molecule has 2 aromatic heterocycles. The van der Waals surface area contributed by atoms with Crippen molar-refractivity contribution in [2.75, 3.05) is 5.32 Å². The standard InChI is InChI=1S/C18H14F2N4O.CO2/c1-10-3-4-11(2)12(5-10)15-8-23-16(9-22-15)24-18(25)17-13(19)6-21-7-14(17)20;2-1-3/h3-9H,1-2H3,(H,23,24,25);. The van der Waals surface area contributed by atoms with E-state index in [2.05, 4.69) is 20.3 Å². The van der Waals surface area contributed by atoms with Crippen LogP contribution in [0.25, 0.3) is 11.3 Å². The fourth-order valence-electron chi connectivity index (χ4n) is 2.35. The Morgan fingerprint density at radius 3 is 2.21 bits per heavy atom. The van der Waals surface area contributed by atoms with Gasteiger partial charge in [0.25, 0.3) is 5.91 Å². The lowest BCUT2D eigenvalue weighted by molar-refractivity contribution is -0.191. The molecule has 0 aliphatic heterocycles. The van der Waals surface area contributed by atoms with E-state index in [9.17, 15) is 13.6 Å². The van der Waals surface area contributed by atoms with Gasteiger partial charge in [0.15, 0.2) is 17.5 Å². The van der Waals surface area contributed by atoms with E-state index < -0.39 is 23.1 Å². The number of rotatable bonds is 3. The lowest BCUT2D eigenvalue weighted by atomic mass is 10.0. The monoisotopic (exact) mass is 384 g/mol. The van der Waals surface area contributed by atoms with Gasteiger partial charge in [-0.05, 0) is 25.5 Å². The first-order valence-electron chi connectivity index (χ1n) is 7.86. The molecule has 1 aromatic carbocycles. The molecule has 2 heterocycles. The van der Waals surface area contributed by atoms with Gasteiger partial charge in [-0.1, -0.05) is 17.7 Å². The molecule has 3 rings (SSSR count). The second-order valence-corrected chi connectivity index (χ2v) is 5.62. The highest BCUT2D eigenvalue weighted by Gasteiger charge is 2.18. The first-order chi connectivity index (χ1) is 13.4. The van der Waals surface area contributed by atoms with Gasteiger partial charge < -0.3 is 5.32 Å². The van der Waals surface area contributed by atoms with Crippen LogP contribution in [-0.4, -0.2) is 27.0 Å². The Morgan fingerprint density at radius 2 is 1.64 bits per heavy atom. The summed E-state index contributed by atoms with van der Waals surface area (Å²) in [6.07, 6.45) is 4.63. The van der Waals surface area contributed by atoms with Crippen molar-refractivity contribution in [3.63, 3.8) is 0 Å². The van der Waals surface area contributed by atoms with E-state index in [-0.39, 0.29) is 12.0 Å². The molecule has 0 spiro atoms. The average molecular weight is 384 g/mol. The van der Waals surface area contributed by atoms with Gasteiger partial charge in [0.05, 0.1) is 30.5 Å². The summed E-state index contributed by atoms with van der Waals surface area (Å²) in [4.78, 5) is 40.0. The Bertz CT molecular complexity index is 1010. The Balaban J connectivity index is 0.000000878. The van der Waals surface area contributed by atoms with E-state index in [1.54, 1.807) is 0 Å². The van der Waals surface area contributed by atoms with Crippen LogP contribution < -0.4 is 5.32 Å². The number of halogens is 2. The van der Waals surface area contributed by atoms with Crippen LogP contribution in [0, 0.1) is 25.5 Å². The predicted octanol–water partition coefficient (Wildman–Crippen LogP) is 3.10. The van der Waals surface area contributed by atoms with Gasteiger partial charge >= 0.3 is 6.15 Å². The van der Waals surface area contributed by atoms with Gasteiger partial charge in [0.2, 0.25) is 0 Å². The molecule has 0 aliphatic carbocycles. The summed E-state index contributed by atoms with van der Waals surface area (Å²) in [5, 5.41) is 2.32. The van der Waals surface area contributed by atoms with E-state index in [1.807, 2.05) is 32.0 Å². The highest BCUT2D eigenvalue weighted by Crippen LogP contribution is 2.22. The quantitative estimate of drug-likeness (QED) is 0.745. The van der Waals surface area contributed by atoms with Gasteiger partial charge in [-0.25, -0.2) is 13.8 Å². The van der Waals surface area contributed by atoms with Crippen LogP contribution in [0.4, 0.5) is 14.6 Å². The molecule has 0 unspecified atom stereocenters. The molecule has 142 valence electrons. The van der Waals surface area contributed by atoms with Crippen LogP contribution in [0.3, 0.4) is 0 Å². The number of nitrogens with one attached hydrogen (secondary N) is 1. The van der Waals surface area contributed by atoms with Crippen LogP contribution in [-0.2, 0) is 9.59 Å². The second kappa shape index (κ2) is 9.20. The summed E-state index contributed by atoms with van der Waals surface area (Å²) in [7, 11) is 0. The highest BCUT2D eigenvalue weighted by atomic mass is 19.1. The molecular weight excluding hydrogens is 370 g/mol. The van der Waals surface area contributed by atoms with Crippen molar-refractivity contribution in [3.8, 4) is 11.3 Å². The predicted molar refractivity (Wildman–Crippen MR) is 94.1 cm³/mol. The summed E-state index contributed by atoms with van der Waals surface area (Å²) in [5.41, 5.74) is 2.98. The minimum absolute atomic E-state index is 0.0923. The van der Waals surface area contributed by atoms with Crippen molar-refractivity contribution in [1.82, 2.24) is 15.0 Å². The Hall–Kier alpha value is -3.84. The van der Waals surface area contributed by atoms with E-state index >= 15 is 0 Å². The number of aromatic nitrogens is 3. The Labute approximate surface area is 158 Å². The van der Waals surface area contributed by atoms with Gasteiger partial charge in [0, 0.05) is 5.56 Å². The van der Waals surface area contributed by atoms with Crippen LogP contribution in [0.1, 0.15) is 21.5 Å². The average Bonchev–Trinajstić information content (AvgIpc) is 2.65. The Morgan fingerprint density at radius 1 is 1.00 bits per heavy atom. The summed E-state index contributed by atoms with van der Waals surface area (Å²) in [6.45, 7) is 3.93. The molecule has 1 N–H and O–H groups in total. The Kier molecular flexibility index (Phi) is 6.73. The van der Waals surface area contributed by atoms with E-state index in [0.29, 0.717) is 5.69 Å². The third-order valence-electron chi connectivity index (χ3n) is 3.64. The number of pyridine rings is 1. The molecule has 0 radical (unpaired) electrons. The van der Waals surface area contributed by atoms with E-state index in [1.165, 1.54) is 12.4 Å². The molecule has 0 saturated heterocycles. The largest absolute Gasteiger partial charge is 0.373 e. The van der Waals surface area contributed by atoms with Crippen LogP contribution in [0.15, 0.2) is 43.0 Å². The van der Waals surface area contributed by atoms with Crippen LogP contribution in [0.5, 0.6) is 0 Å². The number of hydrogen-bond donors (Lipinski definition) is 1. The first-order valence-corrected chi connectivity index (χ1v) is 7.86. The zero-order chi connectivity index (χ0) is 20.7. The number of nitrogens with zero attached hydrogens (tertiary/aromatic N) is 3. The molecule has 0 saturated carbocycles. The van der Waals surface area contributed by atoms with Crippen molar-refractivity contribution in [1.29, 1.82) is 0 Å². The molecule has 28 heavy (non-hydrogen) atoms. The topological polar surface area (TPSA) is 102 Å². The first kappa shape index (κ1) is 20.5. The molecule has 1 amide bonds. The maximum atomic E-state index is 13.6. The third-order valence-corrected chi connectivity index (χ3v) is 3.64. The van der Waals surface area contributed by atoms with Crippen molar-refractivity contribution in [2.24, 2.45) is 0 Å². The molecule has 0 atom stereocenters. The van der Waals surface area contributed by atoms with Crippen molar-refractivity contribution in [3.05, 3.63) is 71.3 Å². The molecule has 0 fully saturated rings. The second-order valence-electron chi connectivity index (χ2n) is 5.62. The maximum absolute atomic E-state index is 13.6. The summed E-state index contributed by atoms with van der Waals surface area (Å²) >= 11 is 0. The maximum Gasteiger partial charge on any atom is 0.373 e. The zero-order valence-corrected chi connectivity index (χ0v) is 14.9. The number of hydrogen-bond acceptors (Lipinski definition) is 6. The number of aryl methyl sites for hydroxylation is 2. The van der Waals surface area contributed by atoms with Gasteiger partial charge in [-0.15, -0.1) is 0 Å². The molecule has 0 bridgehead atoms. The minimum atomic E-state index is -1.04. The van der Waals surface area contributed by atoms with Crippen molar-refractivity contribution < 1.29 is 23.2 Å². The molecule has 7 nitrogen and oxygen atoms in total. The fraction of sp³-hybridized carbons (Fsp3) is 0.105. The van der Waals surface area contributed by atoms with Crippen LogP contribution >= 0.6 is 0 Å². The van der Waals surface area contributed by atoms with E-state index in [4.69, 9.17) is 9.59 Å². The molecule has 0 aliphatic rings. The summed E-state index contributed by atoms with van der Waals surface area (Å²) < 4.78 is 27.1. The lowest BCUT2D eigenvalue weighted by Crippen LogP contribution is -2.17. The number of carbonyl (C=O) groups is 1. The smallest absolute Gasteiger partial charge is 0.305 e. The number of carbonyl (C=O) groups excluding carboxylic acids is 3. The summed E-state index contributed by atoms with van der Waals surface area (Å²) in [6, 6.07) is 5.97. The third kappa shape index (κ3) is 4.87. The number of anilines is 1. The van der Waals surface area contributed by atoms with Gasteiger partial charge in [-0.3, -0.25) is 14.8 Å². The SMILES string of the molecule is Cc1ccc(C)c(-c2cnc(NC(=O)c3c(F)cncc3F)cn2)c1.O=C=O. The number of benzene rings is 1. The minimum Gasteiger partial charge on any atom is -0.305 e. The highest BCUT2D eigenvalue weighted by molar-refractivity contribution is 6.04. The normalized spacial score (nSPS) is 9.71. The lowest BCUT2D eigenvalue weighted by Gasteiger charge is -2.08. The molecular formula is C19H14F2N4O3. The van der Waals surface area contributed by atoms with E-state index in [0.717, 1.165) is 29.1 Å². The fourth-order valence-corrected chi connectivity index (χ4v) is 2.35. The van der Waals surface area contributed by atoms with Gasteiger partial charge in [0.1, 0.15) is 5.56 Å².